The fourth-order valence-electron chi connectivity index (χ4n) is 4.51. The van der Waals surface area contributed by atoms with E-state index in [0.29, 0.717) is 18.1 Å². The van der Waals surface area contributed by atoms with Crippen molar-refractivity contribution < 1.29 is 8.78 Å². The minimum atomic E-state index is -0.307. The Kier molecular flexibility index (Phi) is 5.98. The molecule has 0 fully saturated rings. The Morgan fingerprint density at radius 1 is 0.595 bits per heavy atom. The molecule has 1 aromatic heterocycles. The van der Waals surface area contributed by atoms with Crippen molar-refractivity contribution in [2.75, 3.05) is 5.01 Å². The van der Waals surface area contributed by atoms with E-state index in [1.165, 1.54) is 24.3 Å². The lowest BCUT2D eigenvalue weighted by Crippen LogP contribution is -2.21. The molecule has 6 heteroatoms. The van der Waals surface area contributed by atoms with Crippen LogP contribution in [0.5, 0.6) is 0 Å². The highest BCUT2D eigenvalue weighted by Crippen LogP contribution is 2.37. The van der Waals surface area contributed by atoms with Crippen LogP contribution in [0.1, 0.15) is 23.6 Å². The van der Waals surface area contributed by atoms with Gasteiger partial charge in [0.25, 0.3) is 0 Å². The number of hydrogen-bond donors (Lipinski definition) is 0. The lowest BCUT2D eigenvalue weighted by atomic mass is 9.98. The zero-order chi connectivity index (χ0) is 25.2. The lowest BCUT2D eigenvalue weighted by molar-refractivity contribution is 0.627. The largest absolute Gasteiger partial charge is 0.247 e. The van der Waals surface area contributed by atoms with E-state index in [4.69, 9.17) is 15.1 Å². The Labute approximate surface area is 213 Å². The van der Waals surface area contributed by atoms with Crippen LogP contribution in [0, 0.1) is 11.6 Å². The van der Waals surface area contributed by atoms with Crippen LogP contribution in [0.3, 0.4) is 0 Å². The molecule has 180 valence electrons. The molecule has 5 aromatic rings. The summed E-state index contributed by atoms with van der Waals surface area (Å²) in [5.74, 6) is -0.160. The highest BCUT2D eigenvalue weighted by atomic mass is 19.1. The number of anilines is 1. The highest BCUT2D eigenvalue weighted by Gasteiger charge is 2.32. The van der Waals surface area contributed by atoms with E-state index in [2.05, 4.69) is 12.1 Å². The van der Waals surface area contributed by atoms with Gasteiger partial charge in [-0.15, -0.1) is 0 Å². The first kappa shape index (κ1) is 22.7. The van der Waals surface area contributed by atoms with Gasteiger partial charge in [-0.05, 0) is 53.6 Å². The average Bonchev–Trinajstić information content (AvgIpc) is 3.40. The van der Waals surface area contributed by atoms with Crippen LogP contribution < -0.4 is 5.01 Å². The molecule has 0 N–H and O–H groups in total. The fraction of sp³-hybridized carbons (Fsp3) is 0.0645. The first-order chi connectivity index (χ1) is 18.1. The summed E-state index contributed by atoms with van der Waals surface area (Å²) in [6.45, 7) is 0. The second kappa shape index (κ2) is 9.74. The first-order valence-electron chi connectivity index (χ1n) is 12.0. The van der Waals surface area contributed by atoms with Gasteiger partial charge in [0, 0.05) is 17.5 Å². The molecule has 0 bridgehead atoms. The van der Waals surface area contributed by atoms with Crippen molar-refractivity contribution in [3.05, 3.63) is 138 Å². The smallest absolute Gasteiger partial charge is 0.223 e. The van der Waals surface area contributed by atoms with Gasteiger partial charge in [-0.3, -0.25) is 0 Å². The molecule has 6 rings (SSSR count). The molecule has 0 radical (unpaired) electrons. The Balaban J connectivity index is 1.51. The molecular formula is C31H22F2N4. The maximum atomic E-state index is 13.7. The van der Waals surface area contributed by atoms with Crippen LogP contribution in [-0.2, 0) is 0 Å². The molecule has 37 heavy (non-hydrogen) atoms. The van der Waals surface area contributed by atoms with Gasteiger partial charge in [-0.1, -0.05) is 72.8 Å². The molecule has 0 saturated carbocycles. The molecular weight excluding hydrogens is 466 g/mol. The van der Waals surface area contributed by atoms with Crippen molar-refractivity contribution in [2.24, 2.45) is 5.10 Å². The van der Waals surface area contributed by atoms with E-state index in [0.717, 1.165) is 33.7 Å². The van der Waals surface area contributed by atoms with E-state index >= 15 is 0 Å². The predicted molar refractivity (Wildman–Crippen MR) is 142 cm³/mol. The number of aromatic nitrogens is 2. The Morgan fingerprint density at radius 3 is 1.70 bits per heavy atom. The van der Waals surface area contributed by atoms with Crippen molar-refractivity contribution >= 4 is 11.7 Å². The van der Waals surface area contributed by atoms with Crippen LogP contribution in [0.2, 0.25) is 0 Å². The number of hydrogen-bond acceptors (Lipinski definition) is 4. The summed E-state index contributed by atoms with van der Waals surface area (Å²) in [4.78, 5) is 9.80. The fourth-order valence-corrected chi connectivity index (χ4v) is 4.51. The minimum absolute atomic E-state index is 0.145. The molecule has 4 aromatic carbocycles. The first-order valence-corrected chi connectivity index (χ1v) is 12.0. The van der Waals surface area contributed by atoms with E-state index in [-0.39, 0.29) is 17.7 Å². The van der Waals surface area contributed by atoms with Gasteiger partial charge in [0.05, 0.1) is 23.1 Å². The normalized spacial score (nSPS) is 15.0. The van der Waals surface area contributed by atoms with Gasteiger partial charge in [0.15, 0.2) is 0 Å². The number of rotatable bonds is 5. The van der Waals surface area contributed by atoms with Gasteiger partial charge in [0.2, 0.25) is 5.95 Å². The third kappa shape index (κ3) is 4.74. The molecule has 0 saturated heterocycles. The summed E-state index contributed by atoms with van der Waals surface area (Å²) in [7, 11) is 0. The molecule has 1 aliphatic heterocycles. The topological polar surface area (TPSA) is 41.4 Å². The van der Waals surface area contributed by atoms with E-state index in [1.54, 1.807) is 24.3 Å². The number of hydrazone groups is 1. The number of nitrogens with zero attached hydrogens (tertiary/aromatic N) is 4. The summed E-state index contributed by atoms with van der Waals surface area (Å²) in [5.41, 5.74) is 5.87. The standard InChI is InChI=1S/C31H22F2N4/c32-25-15-11-22(12-16-25)28-19-27(21-7-3-1-4-8-21)34-31(35-28)37-30(24-9-5-2-6-10-24)20-29(36-37)23-13-17-26(33)18-14-23/h1-19,30H,20H2. The predicted octanol–water partition coefficient (Wildman–Crippen LogP) is 7.44. The van der Waals surface area contributed by atoms with E-state index in [9.17, 15) is 8.78 Å². The Hall–Kier alpha value is -4.71. The molecule has 0 amide bonds. The molecule has 2 heterocycles. The zero-order valence-corrected chi connectivity index (χ0v) is 19.8. The van der Waals surface area contributed by atoms with Gasteiger partial charge < -0.3 is 0 Å². The SMILES string of the molecule is Fc1ccc(C2=NN(c3nc(-c4ccccc4)cc(-c4ccc(F)cc4)n3)C(c3ccccc3)C2)cc1. The monoisotopic (exact) mass is 488 g/mol. The van der Waals surface area contributed by atoms with Gasteiger partial charge in [-0.2, -0.15) is 5.10 Å². The second-order valence-electron chi connectivity index (χ2n) is 8.84. The van der Waals surface area contributed by atoms with Crippen LogP contribution in [-0.4, -0.2) is 15.7 Å². The highest BCUT2D eigenvalue weighted by molar-refractivity contribution is 6.03. The van der Waals surface area contributed by atoms with Gasteiger partial charge in [0.1, 0.15) is 11.6 Å². The van der Waals surface area contributed by atoms with Gasteiger partial charge >= 0.3 is 0 Å². The van der Waals surface area contributed by atoms with Gasteiger partial charge in [-0.25, -0.2) is 23.8 Å². The van der Waals surface area contributed by atoms with Crippen molar-refractivity contribution in [2.45, 2.75) is 12.5 Å². The maximum Gasteiger partial charge on any atom is 0.247 e. The molecule has 4 nitrogen and oxygen atoms in total. The third-order valence-corrected chi connectivity index (χ3v) is 6.40. The molecule has 0 aliphatic carbocycles. The number of benzene rings is 4. The van der Waals surface area contributed by atoms with Crippen LogP contribution >= 0.6 is 0 Å². The Morgan fingerprint density at radius 2 is 1.11 bits per heavy atom. The van der Waals surface area contributed by atoms with Crippen molar-refractivity contribution in [1.29, 1.82) is 0 Å². The van der Waals surface area contributed by atoms with Crippen molar-refractivity contribution in [3.63, 3.8) is 0 Å². The molecule has 1 unspecified atom stereocenters. The zero-order valence-electron chi connectivity index (χ0n) is 19.8. The quantitative estimate of drug-likeness (QED) is 0.258. The maximum absolute atomic E-state index is 13.7. The van der Waals surface area contributed by atoms with Crippen molar-refractivity contribution in [1.82, 2.24) is 9.97 Å². The lowest BCUT2D eigenvalue weighted by Gasteiger charge is -2.23. The van der Waals surface area contributed by atoms with Crippen LogP contribution in [0.15, 0.2) is 120 Å². The second-order valence-corrected chi connectivity index (χ2v) is 8.84. The van der Waals surface area contributed by atoms with Crippen LogP contribution in [0.25, 0.3) is 22.5 Å². The average molecular weight is 489 g/mol. The molecule has 1 aliphatic rings. The number of halogens is 2. The molecule has 1 atom stereocenters. The summed E-state index contributed by atoms with van der Waals surface area (Å²) in [6.07, 6.45) is 0.612. The minimum Gasteiger partial charge on any atom is -0.223 e. The van der Waals surface area contributed by atoms with Crippen LogP contribution in [0.4, 0.5) is 14.7 Å². The summed E-state index contributed by atoms with van der Waals surface area (Å²) in [6, 6.07) is 34.3. The van der Waals surface area contributed by atoms with E-state index in [1.807, 2.05) is 59.6 Å². The van der Waals surface area contributed by atoms with E-state index < -0.39 is 0 Å². The van der Waals surface area contributed by atoms with Crippen molar-refractivity contribution in [3.8, 4) is 22.5 Å². The summed E-state index contributed by atoms with van der Waals surface area (Å²) < 4.78 is 27.3. The third-order valence-electron chi connectivity index (χ3n) is 6.40. The molecule has 0 spiro atoms. The summed E-state index contributed by atoms with van der Waals surface area (Å²) >= 11 is 0. The Bertz CT molecular complexity index is 1550. The summed E-state index contributed by atoms with van der Waals surface area (Å²) in [5, 5.41) is 6.78.